The van der Waals surface area contributed by atoms with Gasteiger partial charge in [0, 0.05) is 25.2 Å². The van der Waals surface area contributed by atoms with Crippen LogP contribution in [0, 0.1) is 0 Å². The van der Waals surface area contributed by atoms with Crippen molar-refractivity contribution < 1.29 is 9.32 Å². The maximum absolute atomic E-state index is 13.3. The van der Waals surface area contributed by atoms with E-state index < -0.39 is 0 Å². The zero-order valence-electron chi connectivity index (χ0n) is 16.6. The van der Waals surface area contributed by atoms with E-state index in [-0.39, 0.29) is 11.9 Å². The maximum atomic E-state index is 13.3. The first kappa shape index (κ1) is 19.3. The van der Waals surface area contributed by atoms with Gasteiger partial charge in [0.25, 0.3) is 0 Å². The maximum Gasteiger partial charge on any atom is 0.241 e. The number of fused-ring (bicyclic) bond motifs is 1. The highest BCUT2D eigenvalue weighted by atomic mass is 35.5. The molecule has 0 N–H and O–H groups in total. The highest BCUT2D eigenvalue weighted by Crippen LogP contribution is 2.28. The van der Waals surface area contributed by atoms with E-state index in [0.29, 0.717) is 36.2 Å². The Labute approximate surface area is 180 Å². The predicted octanol–water partition coefficient (Wildman–Crippen LogP) is 3.94. The largest absolute Gasteiger partial charge is 0.341 e. The molecule has 0 radical (unpaired) electrons. The quantitative estimate of drug-likeness (QED) is 0.637. The molecule has 3 aromatic rings. The van der Waals surface area contributed by atoms with Gasteiger partial charge in [-0.15, -0.1) is 0 Å². The average Bonchev–Trinajstić information content (AvgIpc) is 3.46. The fraction of sp³-hybridized carbons (Fsp3) is 0.348. The Morgan fingerprint density at radius 2 is 1.80 bits per heavy atom. The number of rotatable bonds is 4. The molecule has 1 unspecified atom stereocenters. The number of hydrogen-bond acceptors (Lipinski definition) is 5. The lowest BCUT2D eigenvalue weighted by Crippen LogP contribution is -2.50. The van der Waals surface area contributed by atoms with Crippen LogP contribution in [0.15, 0.2) is 53.1 Å². The standard InChI is InChI=1S/C23H23ClN4O2/c24-19-10-4-3-9-18(19)22-25-21(30-26-22)15-28-14-17-8-2-1-7-16(17)13-20(28)23(29)27-11-5-6-12-27/h1-4,7-10,20H,5-6,11-15H2. The molecule has 0 bridgehead atoms. The van der Waals surface area contributed by atoms with Crippen molar-refractivity contribution in [2.45, 2.75) is 38.4 Å². The molecule has 1 fully saturated rings. The van der Waals surface area contributed by atoms with E-state index >= 15 is 0 Å². The van der Waals surface area contributed by atoms with Crippen molar-refractivity contribution in [2.24, 2.45) is 0 Å². The number of amides is 1. The van der Waals surface area contributed by atoms with Crippen LogP contribution >= 0.6 is 11.6 Å². The fourth-order valence-electron chi connectivity index (χ4n) is 4.38. The Morgan fingerprint density at radius 3 is 2.60 bits per heavy atom. The Hall–Kier alpha value is -2.70. The minimum Gasteiger partial charge on any atom is -0.341 e. The summed E-state index contributed by atoms with van der Waals surface area (Å²) in [7, 11) is 0. The van der Waals surface area contributed by atoms with E-state index in [9.17, 15) is 4.79 Å². The molecule has 2 aliphatic rings. The molecule has 0 spiro atoms. The number of likely N-dealkylation sites (tertiary alicyclic amines) is 1. The van der Waals surface area contributed by atoms with Gasteiger partial charge in [-0.2, -0.15) is 4.98 Å². The summed E-state index contributed by atoms with van der Waals surface area (Å²) in [6.07, 6.45) is 2.87. The molecular formula is C23H23ClN4O2. The monoisotopic (exact) mass is 422 g/mol. The highest BCUT2D eigenvalue weighted by Gasteiger charge is 2.35. The summed E-state index contributed by atoms with van der Waals surface area (Å²) in [5.74, 6) is 1.16. The number of carbonyl (C=O) groups excluding carboxylic acids is 1. The van der Waals surface area contributed by atoms with E-state index in [0.717, 1.165) is 31.5 Å². The molecular weight excluding hydrogens is 400 g/mol. The normalized spacial score (nSPS) is 19.1. The molecule has 2 aliphatic heterocycles. The van der Waals surface area contributed by atoms with Crippen molar-refractivity contribution >= 4 is 17.5 Å². The lowest BCUT2D eigenvalue weighted by Gasteiger charge is -2.37. The summed E-state index contributed by atoms with van der Waals surface area (Å²) < 4.78 is 5.53. The molecule has 1 aromatic heterocycles. The van der Waals surface area contributed by atoms with Crippen LogP contribution in [-0.4, -0.2) is 45.0 Å². The van der Waals surface area contributed by atoms with Gasteiger partial charge in [-0.3, -0.25) is 9.69 Å². The highest BCUT2D eigenvalue weighted by molar-refractivity contribution is 6.33. The second-order valence-corrected chi connectivity index (χ2v) is 8.32. The van der Waals surface area contributed by atoms with Crippen molar-refractivity contribution in [1.82, 2.24) is 19.9 Å². The van der Waals surface area contributed by atoms with Crippen molar-refractivity contribution in [2.75, 3.05) is 13.1 Å². The van der Waals surface area contributed by atoms with Gasteiger partial charge in [-0.25, -0.2) is 0 Å². The summed E-state index contributed by atoms with van der Waals surface area (Å²) in [5.41, 5.74) is 3.23. The summed E-state index contributed by atoms with van der Waals surface area (Å²) in [6, 6.07) is 15.6. The zero-order valence-corrected chi connectivity index (χ0v) is 17.4. The first-order chi connectivity index (χ1) is 14.7. The van der Waals surface area contributed by atoms with Crippen LogP contribution in [0.1, 0.15) is 29.9 Å². The second kappa shape index (κ2) is 8.20. The van der Waals surface area contributed by atoms with Gasteiger partial charge < -0.3 is 9.42 Å². The molecule has 3 heterocycles. The smallest absolute Gasteiger partial charge is 0.241 e. The van der Waals surface area contributed by atoms with Crippen LogP contribution < -0.4 is 0 Å². The number of halogens is 1. The molecule has 7 heteroatoms. The van der Waals surface area contributed by atoms with E-state index in [1.807, 2.05) is 35.2 Å². The number of carbonyl (C=O) groups is 1. The number of benzene rings is 2. The van der Waals surface area contributed by atoms with E-state index in [2.05, 4.69) is 27.2 Å². The van der Waals surface area contributed by atoms with Gasteiger partial charge in [0.05, 0.1) is 17.6 Å². The summed E-state index contributed by atoms with van der Waals surface area (Å²) in [6.45, 7) is 2.81. The first-order valence-corrected chi connectivity index (χ1v) is 10.7. The summed E-state index contributed by atoms with van der Waals surface area (Å²) in [5, 5.41) is 4.69. The summed E-state index contributed by atoms with van der Waals surface area (Å²) in [4.78, 5) is 22.0. The third kappa shape index (κ3) is 3.73. The molecule has 1 amide bonds. The third-order valence-electron chi connectivity index (χ3n) is 5.97. The lowest BCUT2D eigenvalue weighted by molar-refractivity contribution is -0.137. The van der Waals surface area contributed by atoms with Crippen molar-refractivity contribution in [3.8, 4) is 11.4 Å². The van der Waals surface area contributed by atoms with Crippen molar-refractivity contribution in [3.05, 3.63) is 70.6 Å². The topological polar surface area (TPSA) is 62.5 Å². The Balaban J connectivity index is 1.41. The van der Waals surface area contributed by atoms with E-state index in [1.165, 1.54) is 11.1 Å². The molecule has 1 saturated heterocycles. The SMILES string of the molecule is O=C(C1Cc2ccccc2CN1Cc1nc(-c2ccccc2Cl)no1)N1CCCC1. The van der Waals surface area contributed by atoms with Gasteiger partial charge in [0.2, 0.25) is 17.6 Å². The van der Waals surface area contributed by atoms with Gasteiger partial charge in [-0.05, 0) is 42.5 Å². The molecule has 0 aliphatic carbocycles. The number of hydrogen-bond donors (Lipinski definition) is 0. The van der Waals surface area contributed by atoms with Crippen LogP contribution in [-0.2, 0) is 24.3 Å². The second-order valence-electron chi connectivity index (χ2n) is 7.92. The minimum atomic E-state index is -0.214. The molecule has 6 nitrogen and oxygen atoms in total. The van der Waals surface area contributed by atoms with Crippen LogP contribution in [0.4, 0.5) is 0 Å². The van der Waals surface area contributed by atoms with Crippen LogP contribution in [0.2, 0.25) is 5.02 Å². The summed E-state index contributed by atoms with van der Waals surface area (Å²) >= 11 is 6.27. The average molecular weight is 423 g/mol. The molecule has 30 heavy (non-hydrogen) atoms. The van der Waals surface area contributed by atoms with Crippen molar-refractivity contribution in [3.63, 3.8) is 0 Å². The van der Waals surface area contributed by atoms with Gasteiger partial charge in [0.15, 0.2) is 0 Å². The Morgan fingerprint density at radius 1 is 1.07 bits per heavy atom. The molecule has 1 atom stereocenters. The van der Waals surface area contributed by atoms with Crippen LogP contribution in [0.3, 0.4) is 0 Å². The molecule has 5 rings (SSSR count). The number of aromatic nitrogens is 2. The minimum absolute atomic E-state index is 0.202. The van der Waals surface area contributed by atoms with Gasteiger partial charge >= 0.3 is 0 Å². The fourth-order valence-corrected chi connectivity index (χ4v) is 4.60. The molecule has 154 valence electrons. The third-order valence-corrected chi connectivity index (χ3v) is 6.30. The van der Waals surface area contributed by atoms with Crippen molar-refractivity contribution in [1.29, 1.82) is 0 Å². The van der Waals surface area contributed by atoms with E-state index in [1.54, 1.807) is 6.07 Å². The lowest BCUT2D eigenvalue weighted by atomic mass is 9.93. The predicted molar refractivity (Wildman–Crippen MR) is 114 cm³/mol. The Bertz CT molecular complexity index is 1060. The van der Waals surface area contributed by atoms with Crippen LogP contribution in [0.5, 0.6) is 0 Å². The molecule has 0 saturated carbocycles. The van der Waals surface area contributed by atoms with Gasteiger partial charge in [-0.1, -0.05) is 53.2 Å². The van der Waals surface area contributed by atoms with Gasteiger partial charge in [0.1, 0.15) is 0 Å². The zero-order chi connectivity index (χ0) is 20.5. The first-order valence-electron chi connectivity index (χ1n) is 10.4. The Kier molecular flexibility index (Phi) is 5.27. The van der Waals surface area contributed by atoms with Crippen LogP contribution in [0.25, 0.3) is 11.4 Å². The number of nitrogens with zero attached hydrogens (tertiary/aromatic N) is 4. The molecule has 2 aromatic carbocycles. The van der Waals surface area contributed by atoms with E-state index in [4.69, 9.17) is 16.1 Å².